The second-order valence-corrected chi connectivity index (χ2v) is 4.89. The van der Waals surface area contributed by atoms with Crippen LogP contribution in [-0.2, 0) is 4.79 Å². The maximum absolute atomic E-state index is 13.0. The van der Waals surface area contributed by atoms with Crippen LogP contribution >= 0.6 is 0 Å². The summed E-state index contributed by atoms with van der Waals surface area (Å²) in [5, 5.41) is 21.9. The summed E-state index contributed by atoms with van der Waals surface area (Å²) in [5.74, 6) is -0.780. The summed E-state index contributed by atoms with van der Waals surface area (Å²) < 4.78 is 13.0. The van der Waals surface area contributed by atoms with Gasteiger partial charge in [-0.25, -0.2) is 4.39 Å². The number of aliphatic hydroxyl groups is 2. The van der Waals surface area contributed by atoms with E-state index >= 15 is 0 Å². The highest BCUT2D eigenvalue weighted by Crippen LogP contribution is 2.17. The van der Waals surface area contributed by atoms with Gasteiger partial charge in [0.1, 0.15) is 5.82 Å². The number of carbonyl (C=O) groups excluding carboxylic acids is 1. The molecule has 1 aromatic rings. The normalized spacial score (nSPS) is 14.2. The summed E-state index contributed by atoms with van der Waals surface area (Å²) in [6, 6.07) is 5.51. The van der Waals surface area contributed by atoms with Crippen LogP contribution < -0.4 is 5.32 Å². The fourth-order valence-corrected chi connectivity index (χ4v) is 1.53. The molecule has 1 amide bonds. The Morgan fingerprint density at radius 1 is 1.37 bits per heavy atom. The van der Waals surface area contributed by atoms with Crippen molar-refractivity contribution in [2.24, 2.45) is 5.92 Å². The number of amides is 1. The number of benzene rings is 1. The summed E-state index contributed by atoms with van der Waals surface area (Å²) in [6.45, 7) is 3.84. The molecular weight excluding hydrogens is 249 g/mol. The number of hydrogen-bond acceptors (Lipinski definition) is 3. The van der Waals surface area contributed by atoms with Crippen molar-refractivity contribution in [3.63, 3.8) is 0 Å². The highest BCUT2D eigenvalue weighted by molar-refractivity contribution is 5.76. The zero-order chi connectivity index (χ0) is 14.4. The lowest BCUT2D eigenvalue weighted by Gasteiger charge is -2.16. The molecule has 1 rings (SSSR count). The van der Waals surface area contributed by atoms with E-state index in [2.05, 4.69) is 5.32 Å². The molecule has 0 aliphatic heterocycles. The third-order valence-electron chi connectivity index (χ3n) is 2.89. The molecule has 1 aromatic carbocycles. The van der Waals surface area contributed by atoms with Gasteiger partial charge in [-0.2, -0.15) is 0 Å². The zero-order valence-electron chi connectivity index (χ0n) is 11.1. The molecule has 0 radical (unpaired) electrons. The van der Waals surface area contributed by atoms with E-state index in [4.69, 9.17) is 0 Å². The highest BCUT2D eigenvalue weighted by Gasteiger charge is 2.15. The Morgan fingerprint density at radius 2 is 2.05 bits per heavy atom. The average Bonchev–Trinajstić information content (AvgIpc) is 2.35. The van der Waals surface area contributed by atoms with Crippen molar-refractivity contribution < 1.29 is 19.4 Å². The van der Waals surface area contributed by atoms with Crippen LogP contribution in [0.3, 0.4) is 0 Å². The molecule has 19 heavy (non-hydrogen) atoms. The van der Waals surface area contributed by atoms with Gasteiger partial charge in [-0.1, -0.05) is 26.0 Å². The van der Waals surface area contributed by atoms with Crippen molar-refractivity contribution in [2.75, 3.05) is 6.54 Å². The smallest absolute Gasteiger partial charge is 0.223 e. The van der Waals surface area contributed by atoms with E-state index in [9.17, 15) is 19.4 Å². The molecule has 2 atom stereocenters. The second-order valence-electron chi connectivity index (χ2n) is 4.89. The van der Waals surface area contributed by atoms with Gasteiger partial charge in [0.2, 0.25) is 5.91 Å². The predicted molar refractivity (Wildman–Crippen MR) is 69.8 cm³/mol. The standard InChI is InChI=1S/C14H20FNO3/c1-9(2)13(18)8-16-14(19)7-12(17)10-4-3-5-11(15)6-10/h3-6,9,12-13,17-18H,7-8H2,1-2H3,(H,16,19). The lowest BCUT2D eigenvalue weighted by Crippen LogP contribution is -2.35. The Morgan fingerprint density at radius 3 is 2.63 bits per heavy atom. The minimum atomic E-state index is -1.05. The van der Waals surface area contributed by atoms with Crippen molar-refractivity contribution in [3.8, 4) is 0 Å². The van der Waals surface area contributed by atoms with Crippen molar-refractivity contribution >= 4 is 5.91 Å². The SMILES string of the molecule is CC(C)C(O)CNC(=O)CC(O)c1cccc(F)c1. The fourth-order valence-electron chi connectivity index (χ4n) is 1.53. The molecule has 0 saturated carbocycles. The molecule has 0 saturated heterocycles. The van der Waals surface area contributed by atoms with Crippen molar-refractivity contribution in [2.45, 2.75) is 32.5 Å². The van der Waals surface area contributed by atoms with E-state index in [0.717, 1.165) is 0 Å². The van der Waals surface area contributed by atoms with Crippen LogP contribution in [-0.4, -0.2) is 28.8 Å². The molecule has 0 fully saturated rings. The van der Waals surface area contributed by atoms with Gasteiger partial charge in [0, 0.05) is 6.54 Å². The Balaban J connectivity index is 2.44. The van der Waals surface area contributed by atoms with Crippen LogP contribution in [0.1, 0.15) is 31.9 Å². The summed E-state index contributed by atoms with van der Waals surface area (Å²) in [4.78, 5) is 11.6. The van der Waals surface area contributed by atoms with Crippen molar-refractivity contribution in [1.29, 1.82) is 0 Å². The van der Waals surface area contributed by atoms with E-state index in [1.54, 1.807) is 6.07 Å². The molecule has 4 nitrogen and oxygen atoms in total. The number of rotatable bonds is 6. The highest BCUT2D eigenvalue weighted by atomic mass is 19.1. The largest absolute Gasteiger partial charge is 0.391 e. The van der Waals surface area contributed by atoms with Gasteiger partial charge in [-0.15, -0.1) is 0 Å². The van der Waals surface area contributed by atoms with E-state index < -0.39 is 18.0 Å². The van der Waals surface area contributed by atoms with Gasteiger partial charge in [0.15, 0.2) is 0 Å². The molecule has 0 heterocycles. The minimum absolute atomic E-state index is 0.0495. The molecule has 0 aliphatic rings. The molecule has 0 aromatic heterocycles. The van der Waals surface area contributed by atoms with Crippen LogP contribution in [0.25, 0.3) is 0 Å². The van der Waals surface area contributed by atoms with Gasteiger partial charge < -0.3 is 15.5 Å². The molecule has 0 bridgehead atoms. The van der Waals surface area contributed by atoms with Crippen molar-refractivity contribution in [3.05, 3.63) is 35.6 Å². The van der Waals surface area contributed by atoms with Crippen LogP contribution in [0.15, 0.2) is 24.3 Å². The first-order valence-corrected chi connectivity index (χ1v) is 6.28. The molecule has 106 valence electrons. The second kappa shape index (κ2) is 7.21. The Hall–Kier alpha value is -1.46. The Bertz CT molecular complexity index is 423. The monoisotopic (exact) mass is 269 g/mol. The minimum Gasteiger partial charge on any atom is -0.391 e. The Kier molecular flexibility index (Phi) is 5.92. The molecule has 0 spiro atoms. The van der Waals surface area contributed by atoms with E-state index in [-0.39, 0.29) is 24.8 Å². The average molecular weight is 269 g/mol. The summed E-state index contributed by atoms with van der Waals surface area (Å²) >= 11 is 0. The number of hydrogen-bond donors (Lipinski definition) is 3. The van der Waals surface area contributed by atoms with E-state index in [1.165, 1.54) is 18.2 Å². The number of nitrogens with one attached hydrogen (secondary N) is 1. The van der Waals surface area contributed by atoms with Gasteiger partial charge in [0.25, 0.3) is 0 Å². The first kappa shape index (κ1) is 15.6. The van der Waals surface area contributed by atoms with Gasteiger partial charge >= 0.3 is 0 Å². The number of halogens is 1. The molecular formula is C14H20FNO3. The molecule has 5 heteroatoms. The Labute approximate surface area is 112 Å². The van der Waals surface area contributed by atoms with Crippen LogP contribution in [0, 0.1) is 11.7 Å². The fraction of sp³-hybridized carbons (Fsp3) is 0.500. The summed E-state index contributed by atoms with van der Waals surface area (Å²) in [7, 11) is 0. The third-order valence-corrected chi connectivity index (χ3v) is 2.89. The number of aliphatic hydroxyl groups excluding tert-OH is 2. The topological polar surface area (TPSA) is 69.6 Å². The lowest BCUT2D eigenvalue weighted by atomic mass is 10.1. The first-order valence-electron chi connectivity index (χ1n) is 6.28. The van der Waals surface area contributed by atoms with E-state index in [0.29, 0.717) is 5.56 Å². The maximum Gasteiger partial charge on any atom is 0.223 e. The zero-order valence-corrected chi connectivity index (χ0v) is 11.1. The quantitative estimate of drug-likeness (QED) is 0.731. The summed E-state index contributed by atoms with van der Waals surface area (Å²) in [6.07, 6.45) is -1.82. The lowest BCUT2D eigenvalue weighted by molar-refractivity contribution is -0.123. The van der Waals surface area contributed by atoms with Crippen LogP contribution in [0.5, 0.6) is 0 Å². The van der Waals surface area contributed by atoms with Gasteiger partial charge in [-0.3, -0.25) is 4.79 Å². The first-order chi connectivity index (χ1) is 8.90. The van der Waals surface area contributed by atoms with Crippen LogP contribution in [0.4, 0.5) is 4.39 Å². The maximum atomic E-state index is 13.0. The summed E-state index contributed by atoms with van der Waals surface area (Å²) in [5.41, 5.74) is 0.361. The molecule has 0 aliphatic carbocycles. The van der Waals surface area contributed by atoms with Gasteiger partial charge in [0.05, 0.1) is 18.6 Å². The molecule has 3 N–H and O–H groups in total. The van der Waals surface area contributed by atoms with E-state index in [1.807, 2.05) is 13.8 Å². The number of carbonyl (C=O) groups is 1. The van der Waals surface area contributed by atoms with Gasteiger partial charge in [-0.05, 0) is 23.6 Å². The van der Waals surface area contributed by atoms with Crippen molar-refractivity contribution in [1.82, 2.24) is 5.32 Å². The predicted octanol–water partition coefficient (Wildman–Crippen LogP) is 1.38. The molecule has 2 unspecified atom stereocenters. The third kappa shape index (κ3) is 5.36. The van der Waals surface area contributed by atoms with Crippen LogP contribution in [0.2, 0.25) is 0 Å².